The molecule has 9 heteroatoms. The number of rotatable bonds is 5. The third-order valence-corrected chi connectivity index (χ3v) is 4.92. The summed E-state index contributed by atoms with van der Waals surface area (Å²) >= 11 is 0. The molecule has 152 valence electrons. The molecule has 0 saturated carbocycles. The van der Waals surface area contributed by atoms with Crippen molar-refractivity contribution in [2.24, 2.45) is 0 Å². The van der Waals surface area contributed by atoms with Gasteiger partial charge in [0.05, 0.1) is 12.2 Å². The molecule has 3 aromatic rings. The Kier molecular flexibility index (Phi) is 7.86. The molecule has 1 saturated heterocycles. The van der Waals surface area contributed by atoms with E-state index in [1.54, 1.807) is 6.20 Å². The number of anilines is 1. The van der Waals surface area contributed by atoms with Gasteiger partial charge in [0.25, 0.3) is 5.91 Å². The van der Waals surface area contributed by atoms with Crippen LogP contribution in [0.5, 0.6) is 0 Å². The van der Waals surface area contributed by atoms with E-state index in [-0.39, 0.29) is 30.7 Å². The van der Waals surface area contributed by atoms with Crippen molar-refractivity contribution in [3.8, 4) is 0 Å². The number of carbonyl (C=O) groups is 1. The molecular formula is C19H26Cl2N6O. The topological polar surface area (TPSA) is 76.8 Å². The lowest BCUT2D eigenvalue weighted by Gasteiger charge is -2.22. The fraction of sp³-hybridized carbons (Fsp3) is 0.421. The van der Waals surface area contributed by atoms with Crippen molar-refractivity contribution in [1.29, 1.82) is 0 Å². The molecule has 1 aliphatic rings. The van der Waals surface area contributed by atoms with Gasteiger partial charge in [-0.3, -0.25) is 4.79 Å². The maximum absolute atomic E-state index is 12.5. The van der Waals surface area contributed by atoms with Gasteiger partial charge in [0.2, 0.25) is 0 Å². The van der Waals surface area contributed by atoms with E-state index < -0.39 is 0 Å². The van der Waals surface area contributed by atoms with Crippen LogP contribution in [0.1, 0.15) is 42.7 Å². The summed E-state index contributed by atoms with van der Waals surface area (Å²) in [4.78, 5) is 12.5. The summed E-state index contributed by atoms with van der Waals surface area (Å²) in [5, 5.41) is 15.6. The van der Waals surface area contributed by atoms with Crippen molar-refractivity contribution in [2.75, 3.05) is 18.4 Å². The number of benzene rings is 1. The average molecular weight is 425 g/mol. The van der Waals surface area contributed by atoms with Crippen LogP contribution < -0.4 is 10.6 Å². The molecule has 0 unspecified atom stereocenters. The summed E-state index contributed by atoms with van der Waals surface area (Å²) in [7, 11) is 0. The third kappa shape index (κ3) is 4.66. The highest BCUT2D eigenvalue weighted by atomic mass is 35.5. The van der Waals surface area contributed by atoms with Gasteiger partial charge >= 0.3 is 0 Å². The molecule has 2 aromatic heterocycles. The maximum Gasteiger partial charge on any atom is 0.277 e. The second-order valence-corrected chi connectivity index (χ2v) is 6.80. The third-order valence-electron chi connectivity index (χ3n) is 4.92. The summed E-state index contributed by atoms with van der Waals surface area (Å²) in [5.41, 5.74) is 2.31. The van der Waals surface area contributed by atoms with Crippen LogP contribution in [0, 0.1) is 0 Å². The molecule has 0 aliphatic carbocycles. The minimum absolute atomic E-state index is 0. The summed E-state index contributed by atoms with van der Waals surface area (Å²) < 4.78 is 4.05. The Morgan fingerprint density at radius 1 is 1.25 bits per heavy atom. The van der Waals surface area contributed by atoms with Gasteiger partial charge in [-0.25, -0.2) is 4.68 Å². The first kappa shape index (κ1) is 22.2. The lowest BCUT2D eigenvalue weighted by atomic mass is 10.1. The predicted molar refractivity (Wildman–Crippen MR) is 116 cm³/mol. The van der Waals surface area contributed by atoms with Crippen LogP contribution in [0.4, 0.5) is 5.69 Å². The smallest absolute Gasteiger partial charge is 0.277 e. The minimum atomic E-state index is -0.225. The number of nitrogens with zero attached hydrogens (tertiary/aromatic N) is 4. The Labute approximate surface area is 176 Å². The van der Waals surface area contributed by atoms with E-state index in [0.29, 0.717) is 11.7 Å². The van der Waals surface area contributed by atoms with Crippen LogP contribution in [0.25, 0.3) is 10.9 Å². The first-order valence-electron chi connectivity index (χ1n) is 9.27. The van der Waals surface area contributed by atoms with Crippen LogP contribution in [0.2, 0.25) is 0 Å². The predicted octanol–water partition coefficient (Wildman–Crippen LogP) is 3.66. The Balaban J connectivity index is 0.00000140. The van der Waals surface area contributed by atoms with Gasteiger partial charge in [-0.15, -0.1) is 29.9 Å². The summed E-state index contributed by atoms with van der Waals surface area (Å²) in [6, 6.07) is 8.38. The molecule has 28 heavy (non-hydrogen) atoms. The minimum Gasteiger partial charge on any atom is -0.347 e. The van der Waals surface area contributed by atoms with Crippen molar-refractivity contribution in [2.45, 2.75) is 38.8 Å². The van der Waals surface area contributed by atoms with E-state index in [1.165, 1.54) is 5.52 Å². The molecule has 1 aromatic carbocycles. The molecule has 4 rings (SSSR count). The van der Waals surface area contributed by atoms with Gasteiger partial charge in [0.15, 0.2) is 5.69 Å². The average Bonchev–Trinajstić information content (AvgIpc) is 3.30. The first-order chi connectivity index (χ1) is 12.7. The Hall–Kier alpha value is -2.09. The molecular weight excluding hydrogens is 399 g/mol. The van der Waals surface area contributed by atoms with Crippen molar-refractivity contribution in [3.63, 3.8) is 0 Å². The highest BCUT2D eigenvalue weighted by Gasteiger charge is 2.19. The molecule has 3 heterocycles. The fourth-order valence-corrected chi connectivity index (χ4v) is 3.54. The standard InChI is InChI=1S/C19H24N6O.2ClH/c1-2-10-24-11-7-14-12-15(3-4-18(14)24)21-19(26)17-13-25(23-22-17)16-5-8-20-9-6-16;;/h3-4,7,11-13,16,20H,2,5-6,8-10H2,1H3,(H,21,26);2*1H. The van der Waals surface area contributed by atoms with Gasteiger partial charge in [-0.1, -0.05) is 12.1 Å². The van der Waals surface area contributed by atoms with Gasteiger partial charge in [-0.05, 0) is 56.6 Å². The molecule has 1 fully saturated rings. The molecule has 0 bridgehead atoms. The van der Waals surface area contributed by atoms with E-state index >= 15 is 0 Å². The lowest BCUT2D eigenvalue weighted by molar-refractivity contribution is 0.102. The van der Waals surface area contributed by atoms with Gasteiger partial charge in [0, 0.05) is 29.3 Å². The van der Waals surface area contributed by atoms with Gasteiger partial charge in [0.1, 0.15) is 0 Å². The molecule has 1 amide bonds. The van der Waals surface area contributed by atoms with E-state index in [1.807, 2.05) is 22.9 Å². The molecule has 1 aliphatic heterocycles. The summed E-state index contributed by atoms with van der Waals surface area (Å²) in [5.74, 6) is -0.225. The molecule has 0 radical (unpaired) electrons. The van der Waals surface area contributed by atoms with E-state index in [9.17, 15) is 4.79 Å². The monoisotopic (exact) mass is 424 g/mol. The molecule has 0 spiro atoms. The number of carbonyl (C=O) groups excluding carboxylic acids is 1. The molecule has 7 nitrogen and oxygen atoms in total. The first-order valence-corrected chi connectivity index (χ1v) is 9.27. The van der Waals surface area contributed by atoms with Gasteiger partial charge < -0.3 is 15.2 Å². The van der Waals surface area contributed by atoms with Crippen molar-refractivity contribution in [1.82, 2.24) is 24.9 Å². The van der Waals surface area contributed by atoms with E-state index in [2.05, 4.69) is 44.7 Å². The number of halogens is 2. The summed E-state index contributed by atoms with van der Waals surface area (Å²) in [6.45, 7) is 5.11. The van der Waals surface area contributed by atoms with E-state index in [4.69, 9.17) is 0 Å². The number of fused-ring (bicyclic) bond motifs is 1. The Bertz CT molecular complexity index is 916. The fourth-order valence-electron chi connectivity index (χ4n) is 3.54. The molecule has 2 N–H and O–H groups in total. The molecule has 0 atom stereocenters. The van der Waals surface area contributed by atoms with Crippen LogP contribution in [0.15, 0.2) is 36.7 Å². The second-order valence-electron chi connectivity index (χ2n) is 6.80. The number of amides is 1. The zero-order valence-electron chi connectivity index (χ0n) is 15.8. The zero-order chi connectivity index (χ0) is 17.9. The van der Waals surface area contributed by atoms with Crippen LogP contribution in [-0.4, -0.2) is 38.6 Å². The van der Waals surface area contributed by atoms with Crippen LogP contribution in [0.3, 0.4) is 0 Å². The number of nitrogens with one attached hydrogen (secondary N) is 2. The highest BCUT2D eigenvalue weighted by molar-refractivity contribution is 6.03. The normalized spacial score (nSPS) is 14.3. The van der Waals surface area contributed by atoms with Crippen LogP contribution >= 0.6 is 24.8 Å². The Morgan fingerprint density at radius 2 is 2.04 bits per heavy atom. The van der Waals surface area contributed by atoms with Crippen LogP contribution in [-0.2, 0) is 6.54 Å². The van der Waals surface area contributed by atoms with E-state index in [0.717, 1.165) is 50.0 Å². The largest absolute Gasteiger partial charge is 0.347 e. The summed E-state index contributed by atoms with van der Waals surface area (Å²) in [6.07, 6.45) is 6.95. The number of hydrogen-bond donors (Lipinski definition) is 2. The lowest BCUT2D eigenvalue weighted by Crippen LogP contribution is -2.29. The zero-order valence-corrected chi connectivity index (χ0v) is 17.4. The number of hydrogen-bond acceptors (Lipinski definition) is 4. The van der Waals surface area contributed by atoms with Crippen molar-refractivity contribution in [3.05, 3.63) is 42.4 Å². The number of aromatic nitrogens is 4. The van der Waals surface area contributed by atoms with Crippen molar-refractivity contribution < 1.29 is 4.79 Å². The van der Waals surface area contributed by atoms with Crippen molar-refractivity contribution >= 4 is 47.3 Å². The number of aryl methyl sites for hydroxylation is 1. The highest BCUT2D eigenvalue weighted by Crippen LogP contribution is 2.22. The number of piperidine rings is 1. The SMILES string of the molecule is CCCn1ccc2cc(NC(=O)c3cn(C4CCNCC4)nn3)ccc21.Cl.Cl. The Morgan fingerprint density at radius 3 is 2.79 bits per heavy atom. The van der Waals surface area contributed by atoms with Gasteiger partial charge in [-0.2, -0.15) is 0 Å². The quantitative estimate of drug-likeness (QED) is 0.654. The maximum atomic E-state index is 12.5. The second kappa shape index (κ2) is 9.91.